The summed E-state index contributed by atoms with van der Waals surface area (Å²) in [4.78, 5) is 23.1. The van der Waals surface area contributed by atoms with E-state index in [0.29, 0.717) is 0 Å². The van der Waals surface area contributed by atoms with Crippen molar-refractivity contribution in [3.63, 3.8) is 0 Å². The van der Waals surface area contributed by atoms with E-state index in [9.17, 15) is 19.3 Å². The van der Waals surface area contributed by atoms with Crippen LogP contribution in [0.4, 0.5) is 10.1 Å². The van der Waals surface area contributed by atoms with Gasteiger partial charge in [0.05, 0.1) is 17.6 Å². The third-order valence-corrected chi connectivity index (χ3v) is 2.35. The van der Waals surface area contributed by atoms with E-state index in [4.69, 9.17) is 5.11 Å². The van der Waals surface area contributed by atoms with E-state index in [1.54, 1.807) is 0 Å². The Morgan fingerprint density at radius 2 is 2.21 bits per heavy atom. The minimum Gasteiger partial charge on any atom is -0.395 e. The topological polar surface area (TPSA) is 83.7 Å². The largest absolute Gasteiger partial charge is 0.395 e. The van der Waals surface area contributed by atoms with Gasteiger partial charge in [-0.25, -0.2) is 4.39 Å². The van der Waals surface area contributed by atoms with E-state index in [-0.39, 0.29) is 25.3 Å². The minimum atomic E-state index is -0.861. The van der Waals surface area contributed by atoms with Gasteiger partial charge in [-0.15, -0.1) is 6.58 Å². The Hall–Kier alpha value is -2.28. The van der Waals surface area contributed by atoms with Gasteiger partial charge < -0.3 is 10.0 Å². The molecule has 6 nitrogen and oxygen atoms in total. The molecule has 1 aromatic rings. The van der Waals surface area contributed by atoms with Crippen molar-refractivity contribution >= 4 is 11.6 Å². The highest BCUT2D eigenvalue weighted by atomic mass is 19.1. The number of nitro groups is 1. The van der Waals surface area contributed by atoms with Crippen LogP contribution in [0.25, 0.3) is 0 Å². The number of aliphatic hydroxyl groups excluding tert-OH is 1. The summed E-state index contributed by atoms with van der Waals surface area (Å²) < 4.78 is 13.2. The van der Waals surface area contributed by atoms with Crippen LogP contribution in [0.1, 0.15) is 10.4 Å². The maximum Gasteiger partial charge on any atom is 0.273 e. The van der Waals surface area contributed by atoms with E-state index in [1.807, 2.05) is 0 Å². The van der Waals surface area contributed by atoms with Gasteiger partial charge in [0.25, 0.3) is 11.6 Å². The number of benzene rings is 1. The molecule has 102 valence electrons. The van der Waals surface area contributed by atoms with Gasteiger partial charge in [-0.2, -0.15) is 0 Å². The Bertz CT molecular complexity index is 505. The number of aliphatic hydroxyl groups is 1. The highest BCUT2D eigenvalue weighted by Gasteiger charge is 2.18. The lowest BCUT2D eigenvalue weighted by Crippen LogP contribution is -2.33. The normalized spacial score (nSPS) is 10.0. The van der Waals surface area contributed by atoms with Crippen LogP contribution < -0.4 is 0 Å². The molecule has 0 aliphatic heterocycles. The average molecular weight is 268 g/mol. The number of carbonyl (C=O) groups excluding carboxylic acids is 1. The maximum absolute atomic E-state index is 13.2. The van der Waals surface area contributed by atoms with Gasteiger partial charge in [0, 0.05) is 24.7 Å². The number of hydrogen-bond donors (Lipinski definition) is 1. The zero-order valence-corrected chi connectivity index (χ0v) is 10.1. The average Bonchev–Trinajstić information content (AvgIpc) is 2.37. The summed E-state index contributed by atoms with van der Waals surface area (Å²) in [6.07, 6.45) is 1.45. The van der Waals surface area contributed by atoms with Crippen LogP contribution in [0, 0.1) is 15.9 Å². The molecule has 1 aromatic carbocycles. The molecule has 1 rings (SSSR count). The number of non-ortho nitro benzene ring substituents is 1. The summed E-state index contributed by atoms with van der Waals surface area (Å²) in [5.41, 5.74) is -0.632. The first kappa shape index (κ1) is 14.8. The van der Waals surface area contributed by atoms with Crippen molar-refractivity contribution in [2.75, 3.05) is 19.7 Å². The van der Waals surface area contributed by atoms with Crippen molar-refractivity contribution in [3.8, 4) is 0 Å². The van der Waals surface area contributed by atoms with Gasteiger partial charge in [0.2, 0.25) is 0 Å². The quantitative estimate of drug-likeness (QED) is 0.479. The third kappa shape index (κ3) is 3.85. The highest BCUT2D eigenvalue weighted by Crippen LogP contribution is 2.17. The number of carbonyl (C=O) groups is 1. The van der Waals surface area contributed by atoms with Crippen molar-refractivity contribution in [1.82, 2.24) is 4.90 Å². The molecule has 0 radical (unpaired) electrons. The van der Waals surface area contributed by atoms with Crippen LogP contribution in [0.15, 0.2) is 30.9 Å². The van der Waals surface area contributed by atoms with E-state index in [0.717, 1.165) is 18.2 Å². The second-order valence-electron chi connectivity index (χ2n) is 3.72. The third-order valence-electron chi connectivity index (χ3n) is 2.35. The Balaban J connectivity index is 3.09. The first-order valence-electron chi connectivity index (χ1n) is 5.45. The summed E-state index contributed by atoms with van der Waals surface area (Å²) in [5.74, 6) is -1.46. The Morgan fingerprint density at radius 3 is 2.74 bits per heavy atom. The fraction of sp³-hybridized carbons (Fsp3) is 0.250. The minimum absolute atomic E-state index is 0.0369. The van der Waals surface area contributed by atoms with Crippen molar-refractivity contribution < 1.29 is 19.2 Å². The van der Waals surface area contributed by atoms with Crippen LogP contribution in [0.2, 0.25) is 0 Å². The summed E-state index contributed by atoms with van der Waals surface area (Å²) >= 11 is 0. The fourth-order valence-corrected chi connectivity index (χ4v) is 1.54. The Labute approximate surface area is 108 Å². The number of halogens is 1. The van der Waals surface area contributed by atoms with Gasteiger partial charge in [-0.1, -0.05) is 6.08 Å². The molecule has 0 atom stereocenters. The molecular formula is C12H13FN2O4. The molecule has 0 fully saturated rings. The lowest BCUT2D eigenvalue weighted by atomic mass is 10.1. The second kappa shape index (κ2) is 6.60. The molecule has 0 heterocycles. The van der Waals surface area contributed by atoms with E-state index >= 15 is 0 Å². The van der Waals surface area contributed by atoms with Gasteiger partial charge in [0.1, 0.15) is 5.82 Å². The van der Waals surface area contributed by atoms with Crippen LogP contribution in [-0.2, 0) is 0 Å². The lowest BCUT2D eigenvalue weighted by Gasteiger charge is -2.19. The molecule has 0 aromatic heterocycles. The summed E-state index contributed by atoms with van der Waals surface area (Å²) in [6.45, 7) is 3.39. The van der Waals surface area contributed by atoms with E-state index < -0.39 is 22.3 Å². The number of nitrogens with zero attached hydrogens (tertiary/aromatic N) is 2. The predicted molar refractivity (Wildman–Crippen MR) is 66.2 cm³/mol. The Kier molecular flexibility index (Phi) is 5.13. The van der Waals surface area contributed by atoms with Gasteiger partial charge in [0.15, 0.2) is 0 Å². The van der Waals surface area contributed by atoms with Gasteiger partial charge in [-0.3, -0.25) is 14.9 Å². The molecule has 0 spiro atoms. The highest BCUT2D eigenvalue weighted by molar-refractivity contribution is 5.95. The van der Waals surface area contributed by atoms with Crippen molar-refractivity contribution in [2.45, 2.75) is 0 Å². The summed E-state index contributed by atoms with van der Waals surface area (Å²) in [5, 5.41) is 19.5. The smallest absolute Gasteiger partial charge is 0.273 e. The number of rotatable bonds is 6. The molecule has 19 heavy (non-hydrogen) atoms. The summed E-state index contributed by atoms with van der Waals surface area (Å²) in [6, 6.07) is 2.66. The maximum atomic E-state index is 13.2. The number of hydrogen-bond acceptors (Lipinski definition) is 4. The number of amides is 1. The molecular weight excluding hydrogens is 255 g/mol. The fourth-order valence-electron chi connectivity index (χ4n) is 1.54. The first-order valence-corrected chi connectivity index (χ1v) is 5.45. The van der Waals surface area contributed by atoms with Crippen molar-refractivity contribution in [3.05, 3.63) is 52.3 Å². The zero-order chi connectivity index (χ0) is 14.4. The molecule has 0 saturated carbocycles. The van der Waals surface area contributed by atoms with E-state index in [1.165, 1.54) is 11.0 Å². The van der Waals surface area contributed by atoms with Crippen molar-refractivity contribution in [2.24, 2.45) is 0 Å². The summed E-state index contributed by atoms with van der Waals surface area (Å²) in [7, 11) is 0. The zero-order valence-electron chi connectivity index (χ0n) is 10.1. The van der Waals surface area contributed by atoms with Gasteiger partial charge >= 0.3 is 0 Å². The lowest BCUT2D eigenvalue weighted by molar-refractivity contribution is -0.385. The predicted octanol–water partition coefficient (Wildman–Crippen LogP) is 1.35. The van der Waals surface area contributed by atoms with Crippen LogP contribution in [-0.4, -0.2) is 40.5 Å². The van der Waals surface area contributed by atoms with Crippen LogP contribution in [0.5, 0.6) is 0 Å². The molecule has 0 bridgehead atoms. The SMILES string of the molecule is C=CCN(CCO)C(=O)c1cc(F)cc([N+](=O)[O-])c1. The van der Waals surface area contributed by atoms with Gasteiger partial charge in [-0.05, 0) is 6.07 Å². The Morgan fingerprint density at radius 1 is 1.53 bits per heavy atom. The standard InChI is InChI=1S/C12H13FN2O4/c1-2-3-14(4-5-16)12(17)9-6-10(13)8-11(7-9)15(18)19/h2,6-8,16H,1,3-5H2. The molecule has 0 saturated heterocycles. The molecule has 7 heteroatoms. The monoisotopic (exact) mass is 268 g/mol. The first-order chi connectivity index (χ1) is 8.99. The molecule has 1 amide bonds. The molecule has 0 unspecified atom stereocenters. The van der Waals surface area contributed by atoms with Crippen LogP contribution in [0.3, 0.4) is 0 Å². The molecule has 0 aliphatic rings. The number of nitro benzene ring substituents is 1. The van der Waals surface area contributed by atoms with Crippen LogP contribution >= 0.6 is 0 Å². The van der Waals surface area contributed by atoms with E-state index in [2.05, 4.69) is 6.58 Å². The second-order valence-corrected chi connectivity index (χ2v) is 3.72. The molecule has 0 aliphatic carbocycles. The molecule has 1 N–H and O–H groups in total. The van der Waals surface area contributed by atoms with Crippen molar-refractivity contribution in [1.29, 1.82) is 0 Å².